The number of nitro benzene ring substituents is 1. The Bertz CT molecular complexity index is 551. The number of fused-ring (bicyclic) bond motifs is 1. The Morgan fingerprint density at radius 2 is 2.13 bits per heavy atom. The summed E-state index contributed by atoms with van der Waals surface area (Å²) in [4.78, 5) is 24.4. The molecule has 15 heavy (non-hydrogen) atoms. The van der Waals surface area contributed by atoms with Gasteiger partial charge in [-0.05, 0) is 12.1 Å². The molecule has 0 aliphatic heterocycles. The third kappa shape index (κ3) is 1.67. The topological polar surface area (TPSA) is 73.1 Å². The van der Waals surface area contributed by atoms with E-state index in [2.05, 4.69) is 4.98 Å². The number of hydrogen-bond acceptors (Lipinski definition) is 4. The van der Waals surface area contributed by atoms with E-state index in [1.165, 1.54) is 18.3 Å². The predicted octanol–water partition coefficient (Wildman–Crippen LogP) is 1.96. The van der Waals surface area contributed by atoms with E-state index in [1.54, 1.807) is 12.1 Å². The van der Waals surface area contributed by atoms with Crippen molar-refractivity contribution in [2.75, 3.05) is 0 Å². The van der Waals surface area contributed by atoms with Crippen molar-refractivity contribution >= 4 is 22.9 Å². The minimum atomic E-state index is -0.477. The summed E-state index contributed by atoms with van der Waals surface area (Å²) in [7, 11) is 0. The highest BCUT2D eigenvalue weighted by Gasteiger charge is 2.06. The van der Waals surface area contributed by atoms with Crippen molar-refractivity contribution in [3.63, 3.8) is 0 Å². The third-order valence-corrected chi connectivity index (χ3v) is 2.04. The highest BCUT2D eigenvalue weighted by atomic mass is 16.6. The number of hydrogen-bond donors (Lipinski definition) is 0. The second-order valence-corrected chi connectivity index (χ2v) is 3.02. The Balaban J connectivity index is 2.64. The van der Waals surface area contributed by atoms with Gasteiger partial charge < -0.3 is 0 Å². The molecular weight excluding hydrogens is 196 g/mol. The summed E-state index contributed by atoms with van der Waals surface area (Å²) in [5.74, 6) is 0. The van der Waals surface area contributed by atoms with E-state index in [0.717, 1.165) is 0 Å². The van der Waals surface area contributed by atoms with Crippen LogP contribution < -0.4 is 0 Å². The molecular formula is C10H6N2O3. The zero-order valence-corrected chi connectivity index (χ0v) is 7.58. The Labute approximate surface area is 84.5 Å². The average Bonchev–Trinajstić information content (AvgIpc) is 2.27. The fraction of sp³-hybridized carbons (Fsp3) is 0. The first kappa shape index (κ1) is 9.26. The lowest BCUT2D eigenvalue weighted by Gasteiger charge is -1.97. The normalized spacial score (nSPS) is 10.1. The molecule has 1 aromatic carbocycles. The van der Waals surface area contributed by atoms with Gasteiger partial charge in [0.05, 0.1) is 10.4 Å². The van der Waals surface area contributed by atoms with E-state index < -0.39 is 4.92 Å². The Kier molecular flexibility index (Phi) is 2.13. The molecule has 2 aromatic rings. The van der Waals surface area contributed by atoms with Crippen LogP contribution in [0, 0.1) is 10.1 Å². The number of non-ortho nitro benzene ring substituents is 1. The quantitative estimate of drug-likeness (QED) is 0.424. The van der Waals surface area contributed by atoms with Crippen LogP contribution in [0.4, 0.5) is 5.69 Å². The summed E-state index contributed by atoms with van der Waals surface area (Å²) in [6.45, 7) is 0. The molecule has 5 nitrogen and oxygen atoms in total. The molecule has 74 valence electrons. The lowest BCUT2D eigenvalue weighted by molar-refractivity contribution is -0.384. The molecule has 0 N–H and O–H groups in total. The summed E-state index contributed by atoms with van der Waals surface area (Å²) in [6.07, 6.45) is 2.08. The van der Waals surface area contributed by atoms with E-state index in [9.17, 15) is 14.9 Å². The number of carbonyl (C=O) groups is 1. The number of aldehydes is 1. The van der Waals surface area contributed by atoms with Crippen LogP contribution >= 0.6 is 0 Å². The molecule has 0 atom stereocenters. The Hall–Kier alpha value is -2.30. The zero-order chi connectivity index (χ0) is 10.8. The van der Waals surface area contributed by atoms with Crippen molar-refractivity contribution < 1.29 is 9.72 Å². The van der Waals surface area contributed by atoms with Crippen LogP contribution in [0.5, 0.6) is 0 Å². The smallest absolute Gasteiger partial charge is 0.271 e. The molecule has 0 saturated heterocycles. The van der Waals surface area contributed by atoms with Crippen molar-refractivity contribution in [2.45, 2.75) is 0 Å². The number of benzene rings is 1. The number of aromatic nitrogens is 1. The molecule has 0 unspecified atom stereocenters. The highest BCUT2D eigenvalue weighted by molar-refractivity contribution is 5.86. The summed E-state index contributed by atoms with van der Waals surface area (Å²) < 4.78 is 0. The van der Waals surface area contributed by atoms with Crippen LogP contribution in [-0.2, 0) is 0 Å². The molecule has 1 heterocycles. The SMILES string of the molecule is O=Cc1cnc2cc([N+](=O)[O-])ccc2c1. The maximum absolute atomic E-state index is 10.5. The molecule has 0 saturated carbocycles. The van der Waals surface area contributed by atoms with E-state index in [0.29, 0.717) is 22.8 Å². The largest absolute Gasteiger partial charge is 0.298 e. The number of nitrogens with zero attached hydrogens (tertiary/aromatic N) is 2. The van der Waals surface area contributed by atoms with E-state index in [-0.39, 0.29) is 5.69 Å². The summed E-state index contributed by atoms with van der Waals surface area (Å²) in [5.41, 5.74) is 0.958. The van der Waals surface area contributed by atoms with Gasteiger partial charge in [0.25, 0.3) is 5.69 Å². The molecule has 2 rings (SSSR count). The fourth-order valence-corrected chi connectivity index (χ4v) is 1.30. The van der Waals surface area contributed by atoms with Gasteiger partial charge in [0, 0.05) is 29.3 Å². The van der Waals surface area contributed by atoms with Crippen LogP contribution in [0.15, 0.2) is 30.5 Å². The summed E-state index contributed by atoms with van der Waals surface area (Å²) >= 11 is 0. The van der Waals surface area contributed by atoms with Crippen LogP contribution in [-0.4, -0.2) is 16.2 Å². The lowest BCUT2D eigenvalue weighted by Crippen LogP contribution is -1.89. The molecule has 0 aliphatic rings. The molecule has 1 aromatic heterocycles. The number of carbonyl (C=O) groups excluding carboxylic acids is 1. The average molecular weight is 202 g/mol. The van der Waals surface area contributed by atoms with Crippen molar-refractivity contribution in [3.8, 4) is 0 Å². The molecule has 0 aliphatic carbocycles. The van der Waals surface area contributed by atoms with Crippen molar-refractivity contribution in [2.24, 2.45) is 0 Å². The zero-order valence-electron chi connectivity index (χ0n) is 7.58. The van der Waals surface area contributed by atoms with Crippen molar-refractivity contribution in [3.05, 3.63) is 46.1 Å². The second-order valence-electron chi connectivity index (χ2n) is 3.02. The van der Waals surface area contributed by atoms with Crippen molar-refractivity contribution in [1.29, 1.82) is 0 Å². The predicted molar refractivity (Wildman–Crippen MR) is 53.8 cm³/mol. The number of rotatable bonds is 2. The van der Waals surface area contributed by atoms with Gasteiger partial charge in [0.1, 0.15) is 0 Å². The first-order valence-electron chi connectivity index (χ1n) is 4.20. The van der Waals surface area contributed by atoms with E-state index >= 15 is 0 Å². The Morgan fingerprint density at radius 3 is 2.80 bits per heavy atom. The highest BCUT2D eigenvalue weighted by Crippen LogP contribution is 2.19. The van der Waals surface area contributed by atoms with Gasteiger partial charge in [-0.1, -0.05) is 0 Å². The standard InChI is InChI=1S/C10H6N2O3/c13-6-7-3-8-1-2-9(12(14)15)4-10(8)11-5-7/h1-6H. The minimum Gasteiger partial charge on any atom is -0.298 e. The van der Waals surface area contributed by atoms with E-state index in [4.69, 9.17) is 0 Å². The fourth-order valence-electron chi connectivity index (χ4n) is 1.30. The molecule has 0 fully saturated rings. The first-order valence-corrected chi connectivity index (χ1v) is 4.20. The third-order valence-electron chi connectivity index (χ3n) is 2.04. The first-order chi connectivity index (χ1) is 7.20. The van der Waals surface area contributed by atoms with Crippen LogP contribution in [0.1, 0.15) is 10.4 Å². The summed E-state index contributed by atoms with van der Waals surface area (Å²) in [5, 5.41) is 11.2. The number of pyridine rings is 1. The lowest BCUT2D eigenvalue weighted by atomic mass is 10.1. The van der Waals surface area contributed by atoms with Crippen LogP contribution in [0.2, 0.25) is 0 Å². The van der Waals surface area contributed by atoms with E-state index in [1.807, 2.05) is 0 Å². The van der Waals surface area contributed by atoms with Gasteiger partial charge in [-0.25, -0.2) is 0 Å². The number of nitro groups is 1. The maximum atomic E-state index is 10.5. The Morgan fingerprint density at radius 1 is 1.33 bits per heavy atom. The van der Waals surface area contributed by atoms with Crippen molar-refractivity contribution in [1.82, 2.24) is 4.98 Å². The van der Waals surface area contributed by atoms with Gasteiger partial charge in [0.15, 0.2) is 6.29 Å². The van der Waals surface area contributed by atoms with Gasteiger partial charge in [0.2, 0.25) is 0 Å². The molecule has 0 amide bonds. The molecule has 5 heteroatoms. The van der Waals surface area contributed by atoms with Crippen LogP contribution in [0.3, 0.4) is 0 Å². The van der Waals surface area contributed by atoms with Gasteiger partial charge in [-0.2, -0.15) is 0 Å². The minimum absolute atomic E-state index is 0.00569. The second kappa shape index (κ2) is 3.45. The van der Waals surface area contributed by atoms with Gasteiger partial charge in [-0.3, -0.25) is 19.9 Å². The molecule has 0 spiro atoms. The maximum Gasteiger partial charge on any atom is 0.271 e. The monoisotopic (exact) mass is 202 g/mol. The van der Waals surface area contributed by atoms with Gasteiger partial charge in [-0.15, -0.1) is 0 Å². The van der Waals surface area contributed by atoms with Gasteiger partial charge >= 0.3 is 0 Å². The van der Waals surface area contributed by atoms with Crippen LogP contribution in [0.25, 0.3) is 10.9 Å². The summed E-state index contributed by atoms with van der Waals surface area (Å²) in [6, 6.07) is 5.98. The molecule has 0 bridgehead atoms. The molecule has 0 radical (unpaired) electrons.